The minimum atomic E-state index is 0.329. The smallest absolute Gasteiger partial charge is 0.0218 e. The normalized spacial score (nSPS) is 16.9. The van der Waals surface area contributed by atoms with Crippen LogP contribution >= 0.6 is 0 Å². The SMILES string of the molecule is CCC(N)C(C)N(CC)CC. The summed E-state index contributed by atoms with van der Waals surface area (Å²) < 4.78 is 0. The lowest BCUT2D eigenvalue weighted by Gasteiger charge is -2.30. The number of nitrogens with two attached hydrogens (primary N) is 1. The molecule has 68 valence electrons. The number of hydrogen-bond donors (Lipinski definition) is 1. The lowest BCUT2D eigenvalue weighted by atomic mass is 10.1. The van der Waals surface area contributed by atoms with Gasteiger partial charge in [0.1, 0.15) is 0 Å². The van der Waals surface area contributed by atoms with Crippen LogP contribution in [0.25, 0.3) is 0 Å². The average molecular weight is 158 g/mol. The molecule has 0 heterocycles. The summed E-state index contributed by atoms with van der Waals surface area (Å²) in [6.07, 6.45) is 1.07. The van der Waals surface area contributed by atoms with Gasteiger partial charge in [0.2, 0.25) is 0 Å². The maximum absolute atomic E-state index is 5.93. The van der Waals surface area contributed by atoms with Gasteiger partial charge in [0.15, 0.2) is 0 Å². The van der Waals surface area contributed by atoms with Crippen molar-refractivity contribution in [2.45, 2.75) is 46.2 Å². The van der Waals surface area contributed by atoms with Crippen LogP contribution in [0.2, 0.25) is 0 Å². The molecule has 0 aliphatic carbocycles. The molecule has 0 aromatic rings. The van der Waals surface area contributed by atoms with Gasteiger partial charge in [-0.15, -0.1) is 0 Å². The van der Waals surface area contributed by atoms with Gasteiger partial charge < -0.3 is 5.73 Å². The van der Waals surface area contributed by atoms with E-state index in [0.717, 1.165) is 19.5 Å². The van der Waals surface area contributed by atoms with Gasteiger partial charge in [0, 0.05) is 12.1 Å². The summed E-state index contributed by atoms with van der Waals surface area (Å²) >= 11 is 0. The molecule has 0 bridgehead atoms. The zero-order valence-electron chi connectivity index (χ0n) is 8.30. The summed E-state index contributed by atoms with van der Waals surface area (Å²) in [7, 11) is 0. The number of likely N-dealkylation sites (N-methyl/N-ethyl adjacent to an activating group) is 1. The fraction of sp³-hybridized carbons (Fsp3) is 1.00. The number of nitrogens with zero attached hydrogens (tertiary/aromatic N) is 1. The van der Waals surface area contributed by atoms with Crippen LogP contribution in [0.5, 0.6) is 0 Å². The standard InChI is InChI=1S/C9H22N2/c1-5-9(10)8(4)11(6-2)7-3/h8-9H,5-7,10H2,1-4H3. The molecule has 11 heavy (non-hydrogen) atoms. The summed E-state index contributed by atoms with van der Waals surface area (Å²) in [4.78, 5) is 2.40. The molecule has 2 heteroatoms. The molecule has 0 rings (SSSR count). The minimum absolute atomic E-state index is 0.329. The molecule has 0 aromatic carbocycles. The van der Waals surface area contributed by atoms with Crippen molar-refractivity contribution < 1.29 is 0 Å². The molecule has 2 nitrogen and oxygen atoms in total. The van der Waals surface area contributed by atoms with Crippen LogP contribution in [0.3, 0.4) is 0 Å². The van der Waals surface area contributed by atoms with E-state index >= 15 is 0 Å². The molecule has 0 fully saturated rings. The van der Waals surface area contributed by atoms with Crippen molar-refractivity contribution in [1.82, 2.24) is 4.90 Å². The zero-order chi connectivity index (χ0) is 8.85. The maximum Gasteiger partial charge on any atom is 0.0218 e. The second-order valence-electron chi connectivity index (χ2n) is 3.03. The highest BCUT2D eigenvalue weighted by atomic mass is 15.2. The van der Waals surface area contributed by atoms with E-state index in [1.54, 1.807) is 0 Å². The van der Waals surface area contributed by atoms with Gasteiger partial charge in [-0.2, -0.15) is 0 Å². The van der Waals surface area contributed by atoms with Crippen molar-refractivity contribution in [2.24, 2.45) is 5.73 Å². The molecule has 0 saturated heterocycles. The molecule has 0 aliphatic heterocycles. The topological polar surface area (TPSA) is 29.3 Å². The van der Waals surface area contributed by atoms with E-state index in [9.17, 15) is 0 Å². The first-order valence-electron chi connectivity index (χ1n) is 4.66. The predicted octanol–water partition coefficient (Wildman–Crippen LogP) is 1.45. The third-order valence-electron chi connectivity index (χ3n) is 2.48. The Kier molecular flexibility index (Phi) is 5.51. The highest BCUT2D eigenvalue weighted by Gasteiger charge is 2.15. The molecular formula is C9H22N2. The Labute approximate surface area is 70.8 Å². The molecule has 0 spiro atoms. The Hall–Kier alpha value is -0.0800. The number of hydrogen-bond acceptors (Lipinski definition) is 2. The molecular weight excluding hydrogens is 136 g/mol. The monoisotopic (exact) mass is 158 g/mol. The highest BCUT2D eigenvalue weighted by Crippen LogP contribution is 2.04. The third-order valence-corrected chi connectivity index (χ3v) is 2.48. The fourth-order valence-corrected chi connectivity index (χ4v) is 1.41. The molecule has 0 aromatic heterocycles. The van der Waals surface area contributed by atoms with Gasteiger partial charge in [-0.1, -0.05) is 20.8 Å². The lowest BCUT2D eigenvalue weighted by Crippen LogP contribution is -2.45. The molecule has 0 aliphatic rings. The molecule has 0 saturated carbocycles. The summed E-state index contributed by atoms with van der Waals surface area (Å²) in [5.41, 5.74) is 5.93. The second kappa shape index (κ2) is 5.56. The first-order valence-corrected chi connectivity index (χ1v) is 4.66. The Balaban J connectivity index is 3.86. The van der Waals surface area contributed by atoms with Gasteiger partial charge in [-0.3, -0.25) is 4.90 Å². The minimum Gasteiger partial charge on any atom is -0.326 e. The summed E-state index contributed by atoms with van der Waals surface area (Å²) in [6, 6.07) is 0.852. The highest BCUT2D eigenvalue weighted by molar-refractivity contribution is 4.75. The van der Waals surface area contributed by atoms with E-state index in [0.29, 0.717) is 12.1 Å². The van der Waals surface area contributed by atoms with Gasteiger partial charge in [-0.25, -0.2) is 0 Å². The summed E-state index contributed by atoms with van der Waals surface area (Å²) in [6.45, 7) is 10.9. The third kappa shape index (κ3) is 3.21. The maximum atomic E-state index is 5.93. The van der Waals surface area contributed by atoms with Crippen molar-refractivity contribution >= 4 is 0 Å². The zero-order valence-corrected chi connectivity index (χ0v) is 8.30. The van der Waals surface area contributed by atoms with Crippen molar-refractivity contribution in [1.29, 1.82) is 0 Å². The quantitative estimate of drug-likeness (QED) is 0.656. The molecule has 2 unspecified atom stereocenters. The van der Waals surface area contributed by atoms with E-state index in [-0.39, 0.29) is 0 Å². The van der Waals surface area contributed by atoms with Crippen LogP contribution in [0, 0.1) is 0 Å². The van der Waals surface area contributed by atoms with Crippen molar-refractivity contribution in [2.75, 3.05) is 13.1 Å². The number of rotatable bonds is 5. The molecule has 2 N–H and O–H groups in total. The Morgan fingerprint density at radius 2 is 1.64 bits per heavy atom. The van der Waals surface area contributed by atoms with E-state index in [1.165, 1.54) is 0 Å². The van der Waals surface area contributed by atoms with Crippen LogP contribution in [0.4, 0.5) is 0 Å². The van der Waals surface area contributed by atoms with E-state index in [2.05, 4.69) is 32.6 Å². The largest absolute Gasteiger partial charge is 0.326 e. The van der Waals surface area contributed by atoms with Gasteiger partial charge in [-0.05, 0) is 26.4 Å². The van der Waals surface area contributed by atoms with Crippen molar-refractivity contribution in [3.8, 4) is 0 Å². The van der Waals surface area contributed by atoms with Crippen LogP contribution in [-0.4, -0.2) is 30.1 Å². The van der Waals surface area contributed by atoms with Crippen molar-refractivity contribution in [3.05, 3.63) is 0 Å². The van der Waals surface area contributed by atoms with E-state index in [1.807, 2.05) is 0 Å². The molecule has 0 amide bonds. The first kappa shape index (κ1) is 10.9. The molecule has 0 radical (unpaired) electrons. The second-order valence-corrected chi connectivity index (χ2v) is 3.03. The predicted molar refractivity (Wildman–Crippen MR) is 50.6 cm³/mol. The van der Waals surface area contributed by atoms with Crippen LogP contribution in [0.1, 0.15) is 34.1 Å². The van der Waals surface area contributed by atoms with Gasteiger partial charge in [0.05, 0.1) is 0 Å². The van der Waals surface area contributed by atoms with E-state index < -0.39 is 0 Å². The van der Waals surface area contributed by atoms with E-state index in [4.69, 9.17) is 5.73 Å². The van der Waals surface area contributed by atoms with Crippen LogP contribution < -0.4 is 5.73 Å². The van der Waals surface area contributed by atoms with Crippen molar-refractivity contribution in [3.63, 3.8) is 0 Å². The van der Waals surface area contributed by atoms with Crippen LogP contribution in [0.15, 0.2) is 0 Å². The Bertz CT molecular complexity index is 89.6. The Morgan fingerprint density at radius 3 is 1.91 bits per heavy atom. The lowest BCUT2D eigenvalue weighted by molar-refractivity contribution is 0.200. The first-order chi connectivity index (χ1) is 5.17. The average Bonchev–Trinajstić information content (AvgIpc) is 2.05. The van der Waals surface area contributed by atoms with Gasteiger partial charge in [0.25, 0.3) is 0 Å². The fourth-order valence-electron chi connectivity index (χ4n) is 1.41. The van der Waals surface area contributed by atoms with Gasteiger partial charge >= 0.3 is 0 Å². The Morgan fingerprint density at radius 1 is 1.18 bits per heavy atom. The summed E-state index contributed by atoms with van der Waals surface area (Å²) in [5.74, 6) is 0. The molecule has 2 atom stereocenters. The summed E-state index contributed by atoms with van der Waals surface area (Å²) in [5, 5.41) is 0. The van der Waals surface area contributed by atoms with Crippen LogP contribution in [-0.2, 0) is 0 Å².